The Bertz CT molecular complexity index is 1190. The highest BCUT2D eigenvalue weighted by Gasteiger charge is 2.18. The number of aliphatic imine (C=N–C) groups is 1. The third-order valence-corrected chi connectivity index (χ3v) is 6.63. The number of methoxy groups -OCH3 is 2. The van der Waals surface area contributed by atoms with Crippen molar-refractivity contribution in [2.45, 2.75) is 38.1 Å². The van der Waals surface area contributed by atoms with E-state index in [1.807, 2.05) is 12.1 Å². The molecule has 3 aromatic rings. The van der Waals surface area contributed by atoms with Crippen molar-refractivity contribution in [2.75, 3.05) is 27.8 Å². The Labute approximate surface area is 208 Å². The number of ether oxygens (including phenoxy) is 2. The number of fused-ring (bicyclic) bond motifs is 1. The maximum absolute atomic E-state index is 11.9. The minimum absolute atomic E-state index is 0.387. The van der Waals surface area contributed by atoms with Crippen LogP contribution in [0.1, 0.15) is 51.4 Å². The van der Waals surface area contributed by atoms with Gasteiger partial charge in [0.1, 0.15) is 11.3 Å². The molecule has 3 aromatic carbocycles. The van der Waals surface area contributed by atoms with Crippen molar-refractivity contribution >= 4 is 17.9 Å². The van der Waals surface area contributed by atoms with Gasteiger partial charge in [-0.25, -0.2) is 4.79 Å². The van der Waals surface area contributed by atoms with Crippen LogP contribution in [0.4, 0.5) is 5.69 Å². The van der Waals surface area contributed by atoms with Crippen LogP contribution in [-0.4, -0.2) is 44.9 Å². The standard InChI is InChI=1S/C30H34N2O3/c1-32(21-24-13-14-27(30(33)35-3)29(20-24)34-2)17-15-22-8-6-9-23(18-22)19-25-10-7-16-31-28-12-5-4-11-26(25)28/h4-6,8-9,11-14,16,18,20,25H,7,10,15,17,19,21H2,1-3H3. The summed E-state index contributed by atoms with van der Waals surface area (Å²) in [5.41, 5.74) is 6.76. The molecular formula is C30H34N2O3. The molecule has 1 unspecified atom stereocenters. The van der Waals surface area contributed by atoms with E-state index >= 15 is 0 Å². The van der Waals surface area contributed by atoms with E-state index in [0.717, 1.165) is 50.0 Å². The molecule has 0 radical (unpaired) electrons. The molecule has 182 valence electrons. The third kappa shape index (κ3) is 6.37. The third-order valence-electron chi connectivity index (χ3n) is 6.63. The van der Waals surface area contributed by atoms with Crippen molar-refractivity contribution in [3.63, 3.8) is 0 Å². The molecule has 0 amide bonds. The highest BCUT2D eigenvalue weighted by Crippen LogP contribution is 2.34. The zero-order valence-corrected chi connectivity index (χ0v) is 20.9. The highest BCUT2D eigenvalue weighted by molar-refractivity contribution is 5.92. The molecule has 4 rings (SSSR count). The van der Waals surface area contributed by atoms with Gasteiger partial charge in [0.2, 0.25) is 0 Å². The lowest BCUT2D eigenvalue weighted by molar-refractivity contribution is 0.0597. The molecule has 1 aliphatic heterocycles. The summed E-state index contributed by atoms with van der Waals surface area (Å²) < 4.78 is 10.2. The number of hydrogen-bond donors (Lipinski definition) is 0. The van der Waals surface area contributed by atoms with Crippen LogP contribution in [0.2, 0.25) is 0 Å². The van der Waals surface area contributed by atoms with Crippen molar-refractivity contribution in [1.82, 2.24) is 4.90 Å². The number of likely N-dealkylation sites (N-methyl/N-ethyl adjacent to an activating group) is 1. The normalized spacial score (nSPS) is 14.9. The summed E-state index contributed by atoms with van der Waals surface area (Å²) in [6.45, 7) is 1.71. The molecule has 35 heavy (non-hydrogen) atoms. The van der Waals surface area contributed by atoms with Crippen LogP contribution in [0.15, 0.2) is 71.7 Å². The van der Waals surface area contributed by atoms with Crippen LogP contribution in [0.5, 0.6) is 5.75 Å². The second-order valence-corrected chi connectivity index (χ2v) is 9.18. The Morgan fingerprint density at radius 1 is 1.00 bits per heavy atom. The number of rotatable bonds is 9. The Morgan fingerprint density at radius 2 is 1.83 bits per heavy atom. The van der Waals surface area contributed by atoms with Gasteiger partial charge in [-0.3, -0.25) is 4.99 Å². The van der Waals surface area contributed by atoms with Gasteiger partial charge in [0.25, 0.3) is 0 Å². The molecule has 0 fully saturated rings. The molecule has 1 atom stereocenters. The molecule has 1 aliphatic rings. The Morgan fingerprint density at radius 3 is 2.66 bits per heavy atom. The Kier molecular flexibility index (Phi) is 8.32. The quantitative estimate of drug-likeness (QED) is 0.361. The zero-order valence-electron chi connectivity index (χ0n) is 20.9. The number of benzene rings is 3. The summed E-state index contributed by atoms with van der Waals surface area (Å²) in [6, 6.07) is 23.2. The average Bonchev–Trinajstić information content (AvgIpc) is 3.09. The summed E-state index contributed by atoms with van der Waals surface area (Å²) in [5.74, 6) is 0.650. The number of esters is 1. The predicted molar refractivity (Wildman–Crippen MR) is 141 cm³/mol. The lowest BCUT2D eigenvalue weighted by Gasteiger charge is -2.19. The molecule has 0 aliphatic carbocycles. The summed E-state index contributed by atoms with van der Waals surface area (Å²) in [5, 5.41) is 0. The topological polar surface area (TPSA) is 51.1 Å². The van der Waals surface area contributed by atoms with Crippen LogP contribution >= 0.6 is 0 Å². The first-order valence-corrected chi connectivity index (χ1v) is 12.2. The maximum Gasteiger partial charge on any atom is 0.341 e. The molecule has 0 saturated heterocycles. The van der Waals surface area contributed by atoms with Crippen LogP contribution < -0.4 is 4.74 Å². The van der Waals surface area contributed by atoms with Crippen molar-refractivity contribution in [3.8, 4) is 5.75 Å². The van der Waals surface area contributed by atoms with Gasteiger partial charge >= 0.3 is 5.97 Å². The van der Waals surface area contributed by atoms with Crippen molar-refractivity contribution in [1.29, 1.82) is 0 Å². The second kappa shape index (κ2) is 11.8. The van der Waals surface area contributed by atoms with E-state index in [0.29, 0.717) is 17.2 Å². The van der Waals surface area contributed by atoms with Gasteiger partial charge in [0.15, 0.2) is 0 Å². The first-order chi connectivity index (χ1) is 17.1. The number of carbonyl (C=O) groups excluding carboxylic acids is 1. The molecular weight excluding hydrogens is 436 g/mol. The summed E-state index contributed by atoms with van der Waals surface area (Å²) >= 11 is 0. The fraction of sp³-hybridized carbons (Fsp3) is 0.333. The first-order valence-electron chi connectivity index (χ1n) is 12.2. The van der Waals surface area contributed by atoms with Gasteiger partial charge in [-0.15, -0.1) is 0 Å². The van der Waals surface area contributed by atoms with E-state index in [-0.39, 0.29) is 5.97 Å². The second-order valence-electron chi connectivity index (χ2n) is 9.18. The van der Waals surface area contributed by atoms with E-state index in [9.17, 15) is 4.79 Å². The first kappa shape index (κ1) is 24.7. The fourth-order valence-corrected chi connectivity index (χ4v) is 4.78. The number of para-hydroxylation sites is 1. The van der Waals surface area contributed by atoms with E-state index < -0.39 is 0 Å². The van der Waals surface area contributed by atoms with E-state index in [4.69, 9.17) is 9.47 Å². The monoisotopic (exact) mass is 470 g/mol. The van der Waals surface area contributed by atoms with Gasteiger partial charge in [-0.1, -0.05) is 48.5 Å². The number of carbonyl (C=O) groups is 1. The lowest BCUT2D eigenvalue weighted by Crippen LogP contribution is -2.21. The zero-order chi connectivity index (χ0) is 24.6. The van der Waals surface area contributed by atoms with E-state index in [2.05, 4.69) is 71.7 Å². The smallest absolute Gasteiger partial charge is 0.341 e. The Balaban J connectivity index is 1.36. The van der Waals surface area contributed by atoms with E-state index in [1.165, 1.54) is 23.8 Å². The minimum atomic E-state index is -0.387. The van der Waals surface area contributed by atoms with Crippen molar-refractivity contribution in [3.05, 3.63) is 94.5 Å². The molecule has 0 aromatic heterocycles. The van der Waals surface area contributed by atoms with Gasteiger partial charge in [-0.05, 0) is 79.1 Å². The molecule has 0 N–H and O–H groups in total. The fourth-order valence-electron chi connectivity index (χ4n) is 4.78. The molecule has 5 heteroatoms. The molecule has 0 bridgehead atoms. The van der Waals surface area contributed by atoms with Crippen LogP contribution in [0.3, 0.4) is 0 Å². The summed E-state index contributed by atoms with van der Waals surface area (Å²) in [7, 11) is 5.07. The molecule has 0 spiro atoms. The minimum Gasteiger partial charge on any atom is -0.496 e. The predicted octanol–water partition coefficient (Wildman–Crippen LogP) is 5.98. The largest absolute Gasteiger partial charge is 0.496 e. The molecule has 1 heterocycles. The Hall–Kier alpha value is -3.44. The SMILES string of the molecule is COC(=O)c1ccc(CN(C)CCc2cccc(CC3CCC=Nc4ccccc43)c2)cc1OC. The van der Waals surface area contributed by atoms with Crippen molar-refractivity contribution < 1.29 is 14.3 Å². The lowest BCUT2D eigenvalue weighted by atomic mass is 9.87. The van der Waals surface area contributed by atoms with Crippen LogP contribution in [0, 0.1) is 0 Å². The maximum atomic E-state index is 11.9. The number of nitrogens with zero attached hydrogens (tertiary/aromatic N) is 2. The van der Waals surface area contributed by atoms with Crippen molar-refractivity contribution in [2.24, 2.45) is 4.99 Å². The highest BCUT2D eigenvalue weighted by atomic mass is 16.5. The van der Waals surface area contributed by atoms with Gasteiger partial charge in [0.05, 0.1) is 19.9 Å². The summed E-state index contributed by atoms with van der Waals surface area (Å²) in [4.78, 5) is 18.8. The van der Waals surface area contributed by atoms with Gasteiger partial charge in [0, 0.05) is 19.3 Å². The average molecular weight is 471 g/mol. The number of hydrogen-bond acceptors (Lipinski definition) is 5. The molecule has 0 saturated carbocycles. The van der Waals surface area contributed by atoms with E-state index in [1.54, 1.807) is 13.2 Å². The summed E-state index contributed by atoms with van der Waals surface area (Å²) in [6.07, 6.45) is 6.23. The van der Waals surface area contributed by atoms with Gasteiger partial charge in [-0.2, -0.15) is 0 Å². The molecule has 5 nitrogen and oxygen atoms in total. The van der Waals surface area contributed by atoms with Crippen LogP contribution in [0.25, 0.3) is 0 Å². The van der Waals surface area contributed by atoms with Gasteiger partial charge < -0.3 is 14.4 Å². The van der Waals surface area contributed by atoms with Crippen LogP contribution in [-0.2, 0) is 24.1 Å².